The predicted molar refractivity (Wildman–Crippen MR) is 196 cm³/mol. The van der Waals surface area contributed by atoms with Crippen LogP contribution in [0.5, 0.6) is 0 Å². The van der Waals surface area contributed by atoms with Gasteiger partial charge in [-0.25, -0.2) is 9.37 Å². The molecule has 8 atom stereocenters. The summed E-state index contributed by atoms with van der Waals surface area (Å²) in [5.74, 6) is 2.30. The average molecular weight is 692 g/mol. The van der Waals surface area contributed by atoms with Crippen LogP contribution in [-0.4, -0.2) is 34.6 Å². The van der Waals surface area contributed by atoms with Gasteiger partial charge in [-0.2, -0.15) is 0 Å². The molecule has 4 aliphatic rings. The first-order valence-electron chi connectivity index (χ1n) is 19.1. The zero-order valence-electron chi connectivity index (χ0n) is 32.0. The topological polar surface area (TPSA) is 85.7 Å². The molecule has 0 amide bonds. The van der Waals surface area contributed by atoms with E-state index in [0.29, 0.717) is 53.9 Å². The van der Waals surface area contributed by atoms with Crippen LogP contribution in [0.1, 0.15) is 132 Å². The lowest BCUT2D eigenvalue weighted by Gasteiger charge is -2.65. The highest BCUT2D eigenvalue weighted by molar-refractivity contribution is 6.00. The number of carbonyl (C=O) groups is 2. The molecular formula is C43H62FNO5. The molecule has 0 aliphatic heterocycles. The number of pyridine rings is 1. The van der Waals surface area contributed by atoms with Crippen molar-refractivity contribution in [1.82, 2.24) is 4.98 Å². The van der Waals surface area contributed by atoms with Gasteiger partial charge >= 0.3 is 5.97 Å². The third kappa shape index (κ3) is 7.08. The number of halogens is 1. The molecule has 5 rings (SSSR count). The first-order chi connectivity index (χ1) is 23.3. The average Bonchev–Trinajstić information content (AvgIpc) is 3.34. The van der Waals surface area contributed by atoms with Crippen LogP contribution in [0.4, 0.5) is 4.39 Å². The minimum Gasteiger partial charge on any atom is -0.512 e. The number of ether oxygens (including phenoxy) is 2. The van der Waals surface area contributed by atoms with E-state index in [4.69, 9.17) is 9.47 Å². The number of esters is 1. The van der Waals surface area contributed by atoms with E-state index in [-0.39, 0.29) is 46.4 Å². The monoisotopic (exact) mass is 691 g/mol. The lowest BCUT2D eigenvalue weighted by molar-refractivity contribution is -0.155. The SMILES string of the molecule is C=C(OCCC12CCC3C(CCC4C(C)(CCC(C)OC(=O)CC(C)(C)C(=C)O)C(C)CCC34C)C1=C(C(C)C)C(=O)C2)c1ccc(F)cn1. The van der Waals surface area contributed by atoms with Crippen molar-refractivity contribution in [2.45, 2.75) is 132 Å². The summed E-state index contributed by atoms with van der Waals surface area (Å²) in [6, 6.07) is 2.95. The maximum atomic E-state index is 13.8. The Hall–Kier alpha value is -2.96. The number of hydrogen-bond acceptors (Lipinski definition) is 6. The second-order valence-electron chi connectivity index (χ2n) is 17.9. The highest BCUT2D eigenvalue weighted by Gasteiger charge is 2.62. The van der Waals surface area contributed by atoms with Gasteiger partial charge < -0.3 is 14.6 Å². The van der Waals surface area contributed by atoms with Crippen molar-refractivity contribution < 1.29 is 28.6 Å². The molecule has 50 heavy (non-hydrogen) atoms. The summed E-state index contributed by atoms with van der Waals surface area (Å²) in [7, 11) is 0. The summed E-state index contributed by atoms with van der Waals surface area (Å²) >= 11 is 0. The third-order valence-electron chi connectivity index (χ3n) is 14.1. The van der Waals surface area contributed by atoms with Crippen LogP contribution in [0.3, 0.4) is 0 Å². The lowest BCUT2D eigenvalue weighted by atomic mass is 9.40. The van der Waals surface area contributed by atoms with Gasteiger partial charge in [-0.15, -0.1) is 0 Å². The molecule has 0 spiro atoms. The van der Waals surface area contributed by atoms with Crippen LogP contribution in [0.2, 0.25) is 0 Å². The Kier molecular flexibility index (Phi) is 10.9. The lowest BCUT2D eigenvalue weighted by Crippen LogP contribution is -2.57. The first-order valence-corrected chi connectivity index (χ1v) is 19.1. The predicted octanol–water partition coefficient (Wildman–Crippen LogP) is 10.6. The van der Waals surface area contributed by atoms with Gasteiger partial charge in [0.05, 0.1) is 31.1 Å². The minimum atomic E-state index is -0.712. The molecule has 7 heteroatoms. The highest BCUT2D eigenvalue weighted by atomic mass is 19.1. The highest BCUT2D eigenvalue weighted by Crippen LogP contribution is 2.70. The van der Waals surface area contributed by atoms with Gasteiger partial charge in [0.2, 0.25) is 0 Å². The van der Waals surface area contributed by atoms with Gasteiger partial charge in [0, 0.05) is 17.3 Å². The first kappa shape index (κ1) is 38.3. The van der Waals surface area contributed by atoms with E-state index in [9.17, 15) is 19.1 Å². The Morgan fingerprint density at radius 3 is 2.46 bits per heavy atom. The van der Waals surface area contributed by atoms with Crippen molar-refractivity contribution in [2.24, 2.45) is 51.2 Å². The van der Waals surface area contributed by atoms with Gasteiger partial charge in [-0.3, -0.25) is 9.59 Å². The fourth-order valence-electron chi connectivity index (χ4n) is 11.0. The molecule has 0 radical (unpaired) electrons. The summed E-state index contributed by atoms with van der Waals surface area (Å²) in [4.78, 5) is 30.7. The fraction of sp³-hybridized carbons (Fsp3) is 0.698. The Labute approximate surface area is 300 Å². The van der Waals surface area contributed by atoms with E-state index in [2.05, 4.69) is 52.8 Å². The van der Waals surface area contributed by atoms with Crippen LogP contribution in [-0.2, 0) is 19.1 Å². The molecule has 0 aromatic carbocycles. The van der Waals surface area contributed by atoms with E-state index < -0.39 is 11.2 Å². The van der Waals surface area contributed by atoms with Gasteiger partial charge in [0.15, 0.2) is 5.78 Å². The van der Waals surface area contributed by atoms with E-state index in [1.807, 2.05) is 6.92 Å². The second kappa shape index (κ2) is 14.2. The number of aromatic nitrogens is 1. The summed E-state index contributed by atoms with van der Waals surface area (Å²) in [5.41, 5.74) is 2.44. The van der Waals surface area contributed by atoms with Crippen molar-refractivity contribution in [3.05, 3.63) is 59.9 Å². The Balaban J connectivity index is 1.33. The quantitative estimate of drug-likeness (QED) is 0.164. The zero-order chi connectivity index (χ0) is 36.8. The summed E-state index contributed by atoms with van der Waals surface area (Å²) in [5, 5.41) is 9.90. The number of nitrogens with zero attached hydrogens (tertiary/aromatic N) is 1. The molecule has 4 aliphatic carbocycles. The van der Waals surface area contributed by atoms with E-state index in [1.54, 1.807) is 19.9 Å². The Morgan fingerprint density at radius 1 is 1.10 bits per heavy atom. The maximum absolute atomic E-state index is 13.8. The van der Waals surface area contributed by atoms with Crippen LogP contribution >= 0.6 is 0 Å². The van der Waals surface area contributed by atoms with Gasteiger partial charge in [-0.05, 0) is 123 Å². The van der Waals surface area contributed by atoms with Crippen molar-refractivity contribution in [1.29, 1.82) is 0 Å². The zero-order valence-corrected chi connectivity index (χ0v) is 32.0. The molecular weight excluding hydrogens is 629 g/mol. The third-order valence-corrected chi connectivity index (χ3v) is 14.1. The van der Waals surface area contributed by atoms with Crippen LogP contribution in [0.15, 0.2) is 48.4 Å². The normalized spacial score (nSPS) is 33.0. The molecule has 6 nitrogen and oxygen atoms in total. The van der Waals surface area contributed by atoms with Crippen molar-refractivity contribution >= 4 is 17.5 Å². The van der Waals surface area contributed by atoms with E-state index in [1.165, 1.54) is 30.7 Å². The number of fused-ring (bicyclic) bond motifs is 5. The molecule has 3 fully saturated rings. The van der Waals surface area contributed by atoms with Crippen LogP contribution < -0.4 is 0 Å². The van der Waals surface area contributed by atoms with E-state index >= 15 is 0 Å². The van der Waals surface area contributed by atoms with Crippen LogP contribution in [0, 0.1) is 57.1 Å². The number of ketones is 1. The molecule has 8 unspecified atom stereocenters. The van der Waals surface area contributed by atoms with Crippen LogP contribution in [0.25, 0.3) is 5.76 Å². The van der Waals surface area contributed by atoms with Crippen molar-refractivity contribution in [3.63, 3.8) is 0 Å². The number of aliphatic hydroxyl groups excluding tert-OH is 1. The van der Waals surface area contributed by atoms with Gasteiger partial charge in [-0.1, -0.05) is 67.2 Å². The number of rotatable bonds is 13. The smallest absolute Gasteiger partial charge is 0.307 e. The van der Waals surface area contributed by atoms with Crippen molar-refractivity contribution in [2.75, 3.05) is 6.61 Å². The number of carbonyl (C=O) groups excluding carboxylic acids is 2. The molecule has 3 saturated carbocycles. The molecule has 1 heterocycles. The van der Waals surface area contributed by atoms with Gasteiger partial charge in [0.25, 0.3) is 0 Å². The standard InChI is InChI=1S/C43H62FNO5/c1-26(2)38-35(47)23-43(21-22-49-29(5)34-13-11-31(44)25-45-34)20-17-33-32(39(38)43)12-14-36-41(9,27(3)15-18-42(33,36)10)19-16-28(4)50-37(48)24-40(7,8)30(6)46/h11,13,25-28,32-33,36,46H,5-6,12,14-24H2,1-4,7-10H3. The summed E-state index contributed by atoms with van der Waals surface area (Å²) in [6.45, 7) is 25.6. The van der Waals surface area contributed by atoms with E-state index in [0.717, 1.165) is 50.5 Å². The summed E-state index contributed by atoms with van der Waals surface area (Å²) < 4.78 is 25.4. The van der Waals surface area contributed by atoms with Crippen molar-refractivity contribution in [3.8, 4) is 0 Å². The largest absolute Gasteiger partial charge is 0.512 e. The molecule has 1 aromatic rings. The molecule has 0 saturated heterocycles. The molecule has 1 N–H and O–H groups in total. The molecule has 276 valence electrons. The Morgan fingerprint density at radius 2 is 1.82 bits per heavy atom. The molecule has 1 aromatic heterocycles. The minimum absolute atomic E-state index is 0.00242. The number of aliphatic hydroxyl groups is 1. The number of allylic oxidation sites excluding steroid dienone is 3. The maximum Gasteiger partial charge on any atom is 0.307 e. The number of Topliss-reactive ketones (excluding diaryl/α,β-unsaturated/α-hetero) is 1. The Bertz CT molecular complexity index is 1510. The molecule has 0 bridgehead atoms. The second-order valence-corrected chi connectivity index (χ2v) is 17.9. The summed E-state index contributed by atoms with van der Waals surface area (Å²) in [6.07, 6.45) is 11.0. The van der Waals surface area contributed by atoms with Gasteiger partial charge in [0.1, 0.15) is 17.3 Å². The number of hydrogen-bond donors (Lipinski definition) is 1. The fourth-order valence-corrected chi connectivity index (χ4v) is 11.0.